The van der Waals surface area contributed by atoms with E-state index >= 15 is 0 Å². The van der Waals surface area contributed by atoms with E-state index in [1.54, 1.807) is 5.57 Å². The minimum atomic E-state index is 0.148. The van der Waals surface area contributed by atoms with Crippen molar-refractivity contribution in [3.63, 3.8) is 0 Å². The lowest BCUT2D eigenvalue weighted by atomic mass is 9.82. The van der Waals surface area contributed by atoms with Gasteiger partial charge in [0.15, 0.2) is 6.10 Å². The number of benzene rings is 1. The van der Waals surface area contributed by atoms with Gasteiger partial charge in [0.25, 0.3) is 0 Å². The molecule has 3 saturated heterocycles. The fraction of sp³-hybridized carbons (Fsp3) is 0.500. The number of piperidine rings is 3. The third-order valence-electron chi connectivity index (χ3n) is 4.83. The summed E-state index contributed by atoms with van der Waals surface area (Å²) in [6.45, 7) is 4.51. The van der Waals surface area contributed by atoms with Crippen LogP contribution in [0.4, 0.5) is 0 Å². The molecule has 0 radical (unpaired) electrons. The summed E-state index contributed by atoms with van der Waals surface area (Å²) in [5, 5.41) is 4.58. The number of hydrogen-bond donors (Lipinski definition) is 0. The molecule has 0 N–H and O–H groups in total. The van der Waals surface area contributed by atoms with Gasteiger partial charge in [0, 0.05) is 24.4 Å². The third-order valence-corrected chi connectivity index (χ3v) is 6.17. The zero-order chi connectivity index (χ0) is 14.9. The molecule has 4 heterocycles. The first-order valence-electron chi connectivity index (χ1n) is 8.16. The van der Waals surface area contributed by atoms with Crippen LogP contribution in [0.5, 0.6) is 0 Å². The molecule has 0 saturated carbocycles. The molecule has 0 aromatic heterocycles. The maximum Gasteiger partial charge on any atom is 0.151 e. The Labute approximate surface area is 136 Å². The van der Waals surface area contributed by atoms with Gasteiger partial charge in [0.2, 0.25) is 0 Å². The van der Waals surface area contributed by atoms with Crippen LogP contribution in [0.3, 0.4) is 0 Å². The van der Waals surface area contributed by atoms with Gasteiger partial charge in [-0.3, -0.25) is 4.90 Å². The standard InChI is InChI=1S/C18H22N2OS/c1-13-11-15(21-19-13)12-17-14-7-9-20(10-8-14)18(17)22-16-5-3-2-4-6-16/h2-6,12,14-15,18H,7-11H2,1H3/b17-12+. The van der Waals surface area contributed by atoms with E-state index < -0.39 is 0 Å². The molecule has 2 unspecified atom stereocenters. The van der Waals surface area contributed by atoms with Crippen molar-refractivity contribution < 1.29 is 4.84 Å². The number of rotatable bonds is 3. The second-order valence-electron chi connectivity index (χ2n) is 6.43. The maximum atomic E-state index is 5.56. The van der Waals surface area contributed by atoms with E-state index in [2.05, 4.69) is 46.5 Å². The summed E-state index contributed by atoms with van der Waals surface area (Å²) in [6.07, 6.45) is 6.05. The van der Waals surface area contributed by atoms with E-state index in [0.29, 0.717) is 5.37 Å². The third kappa shape index (κ3) is 2.82. The van der Waals surface area contributed by atoms with Crippen LogP contribution in [-0.4, -0.2) is 35.2 Å². The molecule has 3 fully saturated rings. The van der Waals surface area contributed by atoms with E-state index in [4.69, 9.17) is 4.84 Å². The highest BCUT2D eigenvalue weighted by molar-refractivity contribution is 8.00. The van der Waals surface area contributed by atoms with Crippen LogP contribution in [0, 0.1) is 5.92 Å². The van der Waals surface area contributed by atoms with Crippen molar-refractivity contribution in [1.29, 1.82) is 0 Å². The van der Waals surface area contributed by atoms with Crippen LogP contribution in [0.1, 0.15) is 26.2 Å². The Morgan fingerprint density at radius 2 is 2.00 bits per heavy atom. The lowest BCUT2D eigenvalue weighted by molar-refractivity contribution is 0.110. The normalized spacial score (nSPS) is 35.5. The van der Waals surface area contributed by atoms with Gasteiger partial charge in [-0.25, -0.2) is 0 Å². The molecule has 4 heteroatoms. The van der Waals surface area contributed by atoms with Gasteiger partial charge in [-0.05, 0) is 49.5 Å². The van der Waals surface area contributed by atoms with Gasteiger partial charge < -0.3 is 4.84 Å². The van der Waals surface area contributed by atoms with E-state index in [1.807, 2.05) is 18.7 Å². The Bertz CT molecular complexity index is 590. The van der Waals surface area contributed by atoms with E-state index in [9.17, 15) is 0 Å². The second-order valence-corrected chi connectivity index (χ2v) is 7.59. The molecular formula is C18H22N2OS. The Kier molecular flexibility index (Phi) is 3.97. The fourth-order valence-electron chi connectivity index (χ4n) is 3.70. The molecule has 1 aromatic carbocycles. The predicted octanol–water partition coefficient (Wildman–Crippen LogP) is 3.92. The quantitative estimate of drug-likeness (QED) is 0.791. The van der Waals surface area contributed by atoms with Crippen molar-refractivity contribution in [1.82, 2.24) is 4.90 Å². The number of oxime groups is 1. The Hall–Kier alpha value is -1.26. The van der Waals surface area contributed by atoms with Crippen LogP contribution in [-0.2, 0) is 4.84 Å². The molecule has 2 bridgehead atoms. The Morgan fingerprint density at radius 3 is 2.68 bits per heavy atom. The van der Waals surface area contributed by atoms with E-state index in [-0.39, 0.29) is 6.10 Å². The van der Waals surface area contributed by atoms with Gasteiger partial charge >= 0.3 is 0 Å². The van der Waals surface area contributed by atoms with Crippen molar-refractivity contribution in [2.75, 3.05) is 13.1 Å². The first kappa shape index (κ1) is 14.3. The fourth-order valence-corrected chi connectivity index (χ4v) is 5.04. The Morgan fingerprint density at radius 1 is 1.23 bits per heavy atom. The first-order chi connectivity index (χ1) is 10.8. The topological polar surface area (TPSA) is 24.8 Å². The lowest BCUT2D eigenvalue weighted by Gasteiger charge is -2.47. The molecule has 0 aliphatic carbocycles. The number of nitrogens with zero attached hydrogens (tertiary/aromatic N) is 2. The molecule has 2 atom stereocenters. The SMILES string of the molecule is CC1=NOC(/C=C2\C3CCN(CC3)C2Sc2ccccc2)C1. The molecule has 4 aliphatic heterocycles. The van der Waals surface area contributed by atoms with Crippen molar-refractivity contribution in [3.8, 4) is 0 Å². The Balaban J connectivity index is 1.57. The summed E-state index contributed by atoms with van der Waals surface area (Å²) < 4.78 is 0. The van der Waals surface area contributed by atoms with Crippen LogP contribution in [0.25, 0.3) is 0 Å². The number of hydrogen-bond acceptors (Lipinski definition) is 4. The average molecular weight is 314 g/mol. The van der Waals surface area contributed by atoms with Gasteiger partial charge in [-0.1, -0.05) is 23.4 Å². The van der Waals surface area contributed by atoms with Crippen LogP contribution < -0.4 is 0 Å². The molecule has 5 rings (SSSR count). The molecule has 22 heavy (non-hydrogen) atoms. The molecule has 1 aromatic rings. The van der Waals surface area contributed by atoms with Crippen LogP contribution in [0.2, 0.25) is 0 Å². The van der Waals surface area contributed by atoms with Crippen molar-refractivity contribution in [2.45, 2.75) is 42.6 Å². The summed E-state index contributed by atoms with van der Waals surface area (Å²) in [6, 6.07) is 10.8. The summed E-state index contributed by atoms with van der Waals surface area (Å²) >= 11 is 1.98. The largest absolute Gasteiger partial charge is 0.388 e. The van der Waals surface area contributed by atoms with Crippen molar-refractivity contribution >= 4 is 17.5 Å². The number of thioether (sulfide) groups is 1. The zero-order valence-electron chi connectivity index (χ0n) is 12.9. The van der Waals surface area contributed by atoms with Crippen LogP contribution >= 0.6 is 11.8 Å². The van der Waals surface area contributed by atoms with Gasteiger partial charge in [0.05, 0.1) is 11.1 Å². The summed E-state index contributed by atoms with van der Waals surface area (Å²) in [7, 11) is 0. The van der Waals surface area contributed by atoms with Gasteiger partial charge in [-0.2, -0.15) is 0 Å². The zero-order valence-corrected chi connectivity index (χ0v) is 13.8. The highest BCUT2D eigenvalue weighted by Gasteiger charge is 2.39. The minimum absolute atomic E-state index is 0.148. The van der Waals surface area contributed by atoms with Gasteiger partial charge in [0.1, 0.15) is 0 Å². The monoisotopic (exact) mass is 314 g/mol. The van der Waals surface area contributed by atoms with Crippen molar-refractivity contribution in [3.05, 3.63) is 42.0 Å². The second kappa shape index (κ2) is 6.09. The number of fused-ring (bicyclic) bond motifs is 3. The average Bonchev–Trinajstić information content (AvgIpc) is 2.97. The molecule has 0 amide bonds. The van der Waals surface area contributed by atoms with Crippen molar-refractivity contribution in [2.24, 2.45) is 11.1 Å². The first-order valence-corrected chi connectivity index (χ1v) is 9.04. The molecule has 3 nitrogen and oxygen atoms in total. The van der Waals surface area contributed by atoms with E-state index in [1.165, 1.54) is 30.8 Å². The van der Waals surface area contributed by atoms with Crippen LogP contribution in [0.15, 0.2) is 52.0 Å². The minimum Gasteiger partial charge on any atom is -0.388 e. The summed E-state index contributed by atoms with van der Waals surface area (Å²) in [5.74, 6) is 0.732. The lowest BCUT2D eigenvalue weighted by Crippen LogP contribution is -2.49. The predicted molar refractivity (Wildman–Crippen MR) is 91.1 cm³/mol. The highest BCUT2D eigenvalue weighted by atomic mass is 32.2. The molecule has 4 aliphatic rings. The van der Waals surface area contributed by atoms with E-state index in [0.717, 1.165) is 18.1 Å². The molecule has 0 spiro atoms. The smallest absolute Gasteiger partial charge is 0.151 e. The van der Waals surface area contributed by atoms with Gasteiger partial charge in [-0.15, -0.1) is 11.8 Å². The molecular weight excluding hydrogens is 292 g/mol. The molecule has 116 valence electrons. The summed E-state index contributed by atoms with van der Waals surface area (Å²) in [5.41, 5.74) is 2.68. The maximum absolute atomic E-state index is 5.56. The summed E-state index contributed by atoms with van der Waals surface area (Å²) in [4.78, 5) is 9.54. The highest BCUT2D eigenvalue weighted by Crippen LogP contribution is 2.44.